The zero-order chi connectivity index (χ0) is 13.7. The van der Waals surface area contributed by atoms with Crippen molar-refractivity contribution in [3.63, 3.8) is 0 Å². The average molecular weight is 260 g/mol. The number of ether oxygens (including phenoxy) is 1. The van der Waals surface area contributed by atoms with Crippen LogP contribution < -0.4 is 5.73 Å². The molecule has 0 bridgehead atoms. The van der Waals surface area contributed by atoms with Crippen LogP contribution in [0.15, 0.2) is 30.6 Å². The number of carbonyl (C=O) groups excluding carboxylic acids is 1. The Hall–Kier alpha value is -2.37. The van der Waals surface area contributed by atoms with Gasteiger partial charge in [-0.1, -0.05) is 6.92 Å². The molecule has 0 saturated carbocycles. The van der Waals surface area contributed by atoms with Crippen molar-refractivity contribution in [3.8, 4) is 0 Å². The Bertz CT molecular complexity index is 548. The molecule has 2 aromatic rings. The molecule has 1 heterocycles. The predicted octanol–water partition coefficient (Wildman–Crippen LogP) is 1.63. The molecule has 0 aliphatic carbocycles. The van der Waals surface area contributed by atoms with E-state index in [1.807, 2.05) is 6.92 Å². The number of nitrogens with zero attached hydrogens (tertiary/aromatic N) is 3. The molecule has 0 radical (unpaired) electrons. The van der Waals surface area contributed by atoms with Crippen LogP contribution in [0, 0.1) is 0 Å². The Kier molecular flexibility index (Phi) is 4.12. The molecule has 6 nitrogen and oxygen atoms in total. The molecule has 0 saturated heterocycles. The summed E-state index contributed by atoms with van der Waals surface area (Å²) < 4.78 is 6.93. The number of aryl methyl sites for hydroxylation is 1. The van der Waals surface area contributed by atoms with Crippen molar-refractivity contribution in [1.82, 2.24) is 14.8 Å². The molecule has 2 rings (SSSR count). The van der Waals surface area contributed by atoms with Gasteiger partial charge in [0.05, 0.1) is 5.56 Å². The highest BCUT2D eigenvalue weighted by atomic mass is 16.5. The number of nitrogens with two attached hydrogens (primary N) is 1. The Labute approximate surface area is 111 Å². The van der Waals surface area contributed by atoms with E-state index in [4.69, 9.17) is 10.5 Å². The summed E-state index contributed by atoms with van der Waals surface area (Å²) in [6, 6.07) is 6.59. The highest BCUT2D eigenvalue weighted by Crippen LogP contribution is 2.08. The molecule has 6 heteroatoms. The van der Waals surface area contributed by atoms with E-state index >= 15 is 0 Å². The summed E-state index contributed by atoms with van der Waals surface area (Å²) in [5, 5.41) is 4.07. The standard InChI is InChI=1S/C13H16N4O2/c1-2-7-17-12(15-9-16-17)8-19-13(18)10-3-5-11(14)6-4-10/h3-6,9H,2,7-8,14H2,1H3. The van der Waals surface area contributed by atoms with Crippen LogP contribution in [0.1, 0.15) is 29.5 Å². The quantitative estimate of drug-likeness (QED) is 0.652. The maximum atomic E-state index is 11.8. The van der Waals surface area contributed by atoms with E-state index in [0.29, 0.717) is 17.1 Å². The van der Waals surface area contributed by atoms with Crippen LogP contribution in [-0.2, 0) is 17.9 Å². The van der Waals surface area contributed by atoms with Gasteiger partial charge in [0.1, 0.15) is 6.33 Å². The summed E-state index contributed by atoms with van der Waals surface area (Å²) in [4.78, 5) is 15.9. The monoisotopic (exact) mass is 260 g/mol. The number of aromatic nitrogens is 3. The van der Waals surface area contributed by atoms with Crippen molar-refractivity contribution in [3.05, 3.63) is 42.0 Å². The van der Waals surface area contributed by atoms with E-state index in [1.165, 1.54) is 6.33 Å². The molecule has 0 unspecified atom stereocenters. The van der Waals surface area contributed by atoms with Crippen LogP contribution in [0.4, 0.5) is 5.69 Å². The Morgan fingerprint density at radius 2 is 2.11 bits per heavy atom. The van der Waals surface area contributed by atoms with E-state index < -0.39 is 5.97 Å². The van der Waals surface area contributed by atoms with Gasteiger partial charge < -0.3 is 10.5 Å². The van der Waals surface area contributed by atoms with Crippen LogP contribution in [0.25, 0.3) is 0 Å². The molecule has 100 valence electrons. The zero-order valence-corrected chi connectivity index (χ0v) is 10.7. The number of carbonyl (C=O) groups is 1. The molecule has 0 atom stereocenters. The maximum absolute atomic E-state index is 11.8. The van der Waals surface area contributed by atoms with Gasteiger partial charge in [0.2, 0.25) is 0 Å². The van der Waals surface area contributed by atoms with Crippen molar-refractivity contribution in [2.24, 2.45) is 0 Å². The lowest BCUT2D eigenvalue weighted by Gasteiger charge is -2.06. The number of hydrogen-bond acceptors (Lipinski definition) is 5. The molecular formula is C13H16N4O2. The fourth-order valence-corrected chi connectivity index (χ4v) is 1.63. The topological polar surface area (TPSA) is 83.0 Å². The molecule has 0 spiro atoms. The van der Waals surface area contributed by atoms with Crippen molar-refractivity contribution in [2.45, 2.75) is 26.5 Å². The third-order valence-corrected chi connectivity index (χ3v) is 2.61. The number of rotatable bonds is 5. The van der Waals surface area contributed by atoms with Crippen molar-refractivity contribution in [2.75, 3.05) is 5.73 Å². The minimum atomic E-state index is -0.397. The largest absolute Gasteiger partial charge is 0.454 e. The van der Waals surface area contributed by atoms with Gasteiger partial charge in [0.25, 0.3) is 0 Å². The number of nitrogen functional groups attached to an aromatic ring is 1. The Balaban J connectivity index is 1.96. The normalized spacial score (nSPS) is 10.4. The van der Waals surface area contributed by atoms with E-state index in [0.717, 1.165) is 13.0 Å². The lowest BCUT2D eigenvalue weighted by Crippen LogP contribution is -2.11. The van der Waals surface area contributed by atoms with Crippen molar-refractivity contribution < 1.29 is 9.53 Å². The number of anilines is 1. The van der Waals surface area contributed by atoms with Crippen LogP contribution in [0.3, 0.4) is 0 Å². The minimum absolute atomic E-state index is 0.114. The highest BCUT2D eigenvalue weighted by Gasteiger charge is 2.10. The first-order valence-electron chi connectivity index (χ1n) is 6.10. The second kappa shape index (κ2) is 5.99. The third-order valence-electron chi connectivity index (χ3n) is 2.61. The van der Waals surface area contributed by atoms with Gasteiger partial charge in [-0.05, 0) is 30.7 Å². The fourth-order valence-electron chi connectivity index (χ4n) is 1.63. The Morgan fingerprint density at radius 1 is 1.37 bits per heavy atom. The molecule has 19 heavy (non-hydrogen) atoms. The summed E-state index contributed by atoms with van der Waals surface area (Å²) in [5.74, 6) is 0.247. The van der Waals surface area contributed by atoms with Crippen LogP contribution in [-0.4, -0.2) is 20.7 Å². The molecule has 0 aliphatic heterocycles. The molecule has 1 aromatic carbocycles. The van der Waals surface area contributed by atoms with Crippen molar-refractivity contribution >= 4 is 11.7 Å². The van der Waals surface area contributed by atoms with Crippen LogP contribution in [0.5, 0.6) is 0 Å². The second-order valence-corrected chi connectivity index (χ2v) is 4.10. The van der Waals surface area contributed by atoms with Crippen molar-refractivity contribution in [1.29, 1.82) is 0 Å². The third kappa shape index (κ3) is 3.31. The van der Waals surface area contributed by atoms with Gasteiger partial charge >= 0.3 is 5.97 Å². The number of hydrogen-bond donors (Lipinski definition) is 1. The lowest BCUT2D eigenvalue weighted by atomic mass is 10.2. The molecule has 0 aliphatic rings. The summed E-state index contributed by atoms with van der Waals surface area (Å²) >= 11 is 0. The molecular weight excluding hydrogens is 244 g/mol. The van der Waals surface area contributed by atoms with E-state index in [-0.39, 0.29) is 6.61 Å². The molecule has 1 aromatic heterocycles. The minimum Gasteiger partial charge on any atom is -0.454 e. The van der Waals surface area contributed by atoms with Gasteiger partial charge in [0.15, 0.2) is 12.4 Å². The van der Waals surface area contributed by atoms with Crippen LogP contribution in [0.2, 0.25) is 0 Å². The van der Waals surface area contributed by atoms with E-state index in [2.05, 4.69) is 10.1 Å². The predicted molar refractivity (Wildman–Crippen MR) is 70.3 cm³/mol. The maximum Gasteiger partial charge on any atom is 0.338 e. The van der Waals surface area contributed by atoms with Gasteiger partial charge in [-0.2, -0.15) is 5.10 Å². The summed E-state index contributed by atoms with van der Waals surface area (Å²) in [5.41, 5.74) is 6.64. The second-order valence-electron chi connectivity index (χ2n) is 4.10. The summed E-state index contributed by atoms with van der Waals surface area (Å²) in [6.07, 6.45) is 2.41. The molecule has 0 fully saturated rings. The van der Waals surface area contributed by atoms with Gasteiger partial charge in [-0.3, -0.25) is 0 Å². The Morgan fingerprint density at radius 3 is 2.79 bits per heavy atom. The average Bonchev–Trinajstić information content (AvgIpc) is 2.85. The molecule has 0 amide bonds. The fraction of sp³-hybridized carbons (Fsp3) is 0.308. The van der Waals surface area contributed by atoms with Gasteiger partial charge in [-0.15, -0.1) is 0 Å². The summed E-state index contributed by atoms with van der Waals surface area (Å²) in [7, 11) is 0. The first-order valence-corrected chi connectivity index (χ1v) is 6.10. The van der Waals surface area contributed by atoms with Gasteiger partial charge in [0, 0.05) is 12.2 Å². The first-order chi connectivity index (χ1) is 9.20. The first kappa shape index (κ1) is 13.1. The zero-order valence-electron chi connectivity index (χ0n) is 10.7. The van der Waals surface area contributed by atoms with E-state index in [1.54, 1.807) is 28.9 Å². The smallest absolute Gasteiger partial charge is 0.338 e. The van der Waals surface area contributed by atoms with E-state index in [9.17, 15) is 4.79 Å². The lowest BCUT2D eigenvalue weighted by molar-refractivity contribution is 0.0456. The van der Waals surface area contributed by atoms with Gasteiger partial charge in [-0.25, -0.2) is 14.5 Å². The highest BCUT2D eigenvalue weighted by molar-refractivity contribution is 5.89. The van der Waals surface area contributed by atoms with Crippen LogP contribution >= 0.6 is 0 Å². The number of esters is 1. The number of benzene rings is 1. The SMILES string of the molecule is CCCn1ncnc1COC(=O)c1ccc(N)cc1. The molecule has 2 N–H and O–H groups in total. The summed E-state index contributed by atoms with van der Waals surface area (Å²) in [6.45, 7) is 2.92.